The average molecular weight is 332 g/mol. The molecule has 0 aromatic carbocycles. The zero-order valence-electron chi connectivity index (χ0n) is 15.5. The van der Waals surface area contributed by atoms with E-state index in [1.807, 2.05) is 13.0 Å². The van der Waals surface area contributed by atoms with Crippen molar-refractivity contribution in [3.05, 3.63) is 11.6 Å². The number of fused-ring (bicyclic) bond motifs is 5. The Hall–Kier alpha value is -0.670. The van der Waals surface area contributed by atoms with Crippen LogP contribution < -0.4 is 0 Å². The molecule has 3 saturated carbocycles. The maximum Gasteiger partial charge on any atom is 0.155 e. The van der Waals surface area contributed by atoms with E-state index in [9.17, 15) is 15.0 Å². The van der Waals surface area contributed by atoms with Crippen molar-refractivity contribution in [3.8, 4) is 0 Å². The lowest BCUT2D eigenvalue weighted by Gasteiger charge is -2.61. The summed E-state index contributed by atoms with van der Waals surface area (Å²) < 4.78 is 0. The smallest absolute Gasteiger partial charge is 0.155 e. The molecule has 134 valence electrons. The van der Waals surface area contributed by atoms with Crippen LogP contribution in [0.15, 0.2) is 11.6 Å². The van der Waals surface area contributed by atoms with Crippen molar-refractivity contribution in [2.75, 3.05) is 0 Å². The molecule has 0 spiro atoms. The summed E-state index contributed by atoms with van der Waals surface area (Å²) in [6.45, 7) is 8.72. The molecule has 0 aliphatic heterocycles. The number of aliphatic hydroxyl groups excluding tert-OH is 1. The Morgan fingerprint density at radius 2 is 1.92 bits per heavy atom. The Bertz CT molecular complexity index is 606. The van der Waals surface area contributed by atoms with Gasteiger partial charge in [-0.25, -0.2) is 0 Å². The number of ketones is 1. The van der Waals surface area contributed by atoms with E-state index < -0.39 is 5.60 Å². The first kappa shape index (κ1) is 16.8. The van der Waals surface area contributed by atoms with Crippen LogP contribution in [0.4, 0.5) is 0 Å². The van der Waals surface area contributed by atoms with E-state index in [2.05, 4.69) is 20.8 Å². The van der Waals surface area contributed by atoms with Gasteiger partial charge in [0.1, 0.15) is 0 Å². The first-order valence-corrected chi connectivity index (χ1v) is 9.75. The predicted molar refractivity (Wildman–Crippen MR) is 93.3 cm³/mol. The third kappa shape index (κ3) is 1.94. The first-order valence-electron chi connectivity index (χ1n) is 9.75. The van der Waals surface area contributed by atoms with Gasteiger partial charge in [0.15, 0.2) is 5.78 Å². The van der Waals surface area contributed by atoms with E-state index >= 15 is 0 Å². The predicted octanol–water partition coefficient (Wildman–Crippen LogP) is 3.49. The van der Waals surface area contributed by atoms with Crippen molar-refractivity contribution in [1.82, 2.24) is 0 Å². The van der Waals surface area contributed by atoms with Crippen molar-refractivity contribution in [1.29, 1.82) is 0 Å². The second-order valence-electron chi connectivity index (χ2n) is 9.92. The maximum absolute atomic E-state index is 12.0. The fourth-order valence-electron chi connectivity index (χ4n) is 7.34. The molecule has 4 aliphatic rings. The standard InChI is InChI=1S/C21H32O3/c1-12-9-14-15-6-8-21(4,24)20(15,3)11-17(23)18(14)19(2)7-5-13(22)10-16(12)19/h10,12,14-15,17-18,23-24H,5-9,11H2,1-4H3/t12-,14-,15-,17+,18+,19+,20+,21-/m0/s1. The van der Waals surface area contributed by atoms with Crippen LogP contribution in [0.3, 0.4) is 0 Å². The maximum atomic E-state index is 12.0. The van der Waals surface area contributed by atoms with Crippen LogP contribution in [0.25, 0.3) is 0 Å². The van der Waals surface area contributed by atoms with E-state index in [1.54, 1.807) is 0 Å². The molecule has 0 saturated heterocycles. The molecule has 0 amide bonds. The second kappa shape index (κ2) is 4.94. The Balaban J connectivity index is 1.79. The molecule has 0 radical (unpaired) electrons. The summed E-state index contributed by atoms with van der Waals surface area (Å²) in [5.74, 6) is 1.84. The van der Waals surface area contributed by atoms with E-state index in [4.69, 9.17) is 0 Å². The minimum absolute atomic E-state index is 0.0502. The van der Waals surface area contributed by atoms with Crippen LogP contribution >= 0.6 is 0 Å². The Morgan fingerprint density at radius 3 is 2.62 bits per heavy atom. The van der Waals surface area contributed by atoms with Crippen LogP contribution in [-0.2, 0) is 4.79 Å². The number of rotatable bonds is 0. The molecule has 0 aromatic rings. The first-order chi connectivity index (χ1) is 11.1. The zero-order chi connectivity index (χ0) is 17.5. The summed E-state index contributed by atoms with van der Waals surface area (Å²) in [4.78, 5) is 12.0. The summed E-state index contributed by atoms with van der Waals surface area (Å²) >= 11 is 0. The molecule has 0 unspecified atom stereocenters. The van der Waals surface area contributed by atoms with E-state index in [0.717, 1.165) is 25.7 Å². The normalized spacial score (nSPS) is 57.0. The monoisotopic (exact) mass is 332 g/mol. The van der Waals surface area contributed by atoms with Crippen LogP contribution in [0.5, 0.6) is 0 Å². The fourth-order valence-corrected chi connectivity index (χ4v) is 7.34. The minimum Gasteiger partial charge on any atom is -0.393 e. The lowest BCUT2D eigenvalue weighted by Crippen LogP contribution is -2.60. The van der Waals surface area contributed by atoms with Gasteiger partial charge in [-0.05, 0) is 74.2 Å². The highest BCUT2D eigenvalue weighted by Crippen LogP contribution is 2.68. The number of aliphatic hydroxyl groups is 2. The van der Waals surface area contributed by atoms with Crippen LogP contribution in [0, 0.1) is 34.5 Å². The Labute approximate surface area is 145 Å². The average Bonchev–Trinajstić information content (AvgIpc) is 2.71. The Morgan fingerprint density at radius 1 is 1.21 bits per heavy atom. The summed E-state index contributed by atoms with van der Waals surface area (Å²) in [6, 6.07) is 0. The van der Waals surface area contributed by atoms with Gasteiger partial charge >= 0.3 is 0 Å². The number of carbonyl (C=O) groups excluding carboxylic acids is 1. The molecule has 4 rings (SSSR count). The van der Waals surface area contributed by atoms with Crippen molar-refractivity contribution in [2.45, 2.75) is 77.9 Å². The van der Waals surface area contributed by atoms with E-state index in [0.29, 0.717) is 30.6 Å². The molecule has 2 N–H and O–H groups in total. The van der Waals surface area contributed by atoms with Crippen molar-refractivity contribution in [2.24, 2.45) is 34.5 Å². The molecule has 0 bridgehead atoms. The van der Waals surface area contributed by atoms with Gasteiger partial charge < -0.3 is 10.2 Å². The quantitative estimate of drug-likeness (QED) is 0.714. The van der Waals surface area contributed by atoms with Gasteiger partial charge in [0, 0.05) is 11.8 Å². The van der Waals surface area contributed by atoms with E-state index in [-0.39, 0.29) is 28.6 Å². The van der Waals surface area contributed by atoms with Gasteiger partial charge in [-0.3, -0.25) is 4.79 Å². The van der Waals surface area contributed by atoms with Crippen molar-refractivity contribution < 1.29 is 15.0 Å². The van der Waals surface area contributed by atoms with Crippen LogP contribution in [0.1, 0.15) is 66.2 Å². The molecule has 24 heavy (non-hydrogen) atoms. The highest BCUT2D eigenvalue weighted by Gasteiger charge is 2.65. The summed E-state index contributed by atoms with van der Waals surface area (Å²) in [5, 5.41) is 22.2. The summed E-state index contributed by atoms with van der Waals surface area (Å²) in [7, 11) is 0. The van der Waals surface area contributed by atoms with Crippen LogP contribution in [0.2, 0.25) is 0 Å². The van der Waals surface area contributed by atoms with E-state index in [1.165, 1.54) is 5.57 Å². The van der Waals surface area contributed by atoms with Crippen molar-refractivity contribution in [3.63, 3.8) is 0 Å². The van der Waals surface area contributed by atoms with Gasteiger partial charge in [-0.15, -0.1) is 0 Å². The molecule has 3 nitrogen and oxygen atoms in total. The molecule has 0 aromatic heterocycles. The number of hydrogen-bond acceptors (Lipinski definition) is 3. The molecular weight excluding hydrogens is 300 g/mol. The highest BCUT2D eigenvalue weighted by molar-refractivity contribution is 5.91. The SMILES string of the molecule is C[C@H]1C[C@@H]2[C@H]([C@H](O)C[C@]3(C)[C@H]2CC[C@]3(C)O)[C@]2(C)CCC(=O)C=C12. The van der Waals surface area contributed by atoms with Gasteiger partial charge in [0.25, 0.3) is 0 Å². The number of allylic oxidation sites excluding steroid dienone is 1. The third-order valence-corrected chi connectivity index (χ3v) is 8.78. The number of carbonyl (C=O) groups is 1. The summed E-state index contributed by atoms with van der Waals surface area (Å²) in [5.41, 5.74) is 0.375. The zero-order valence-corrected chi connectivity index (χ0v) is 15.5. The topological polar surface area (TPSA) is 57.5 Å². The Kier molecular flexibility index (Phi) is 3.46. The molecule has 3 heteroatoms. The van der Waals surface area contributed by atoms with Gasteiger partial charge in [0.2, 0.25) is 0 Å². The van der Waals surface area contributed by atoms with Crippen molar-refractivity contribution >= 4 is 5.78 Å². The van der Waals surface area contributed by atoms with Gasteiger partial charge in [0.05, 0.1) is 11.7 Å². The highest BCUT2D eigenvalue weighted by atomic mass is 16.3. The second-order valence-corrected chi connectivity index (χ2v) is 9.92. The third-order valence-electron chi connectivity index (χ3n) is 8.78. The molecule has 8 atom stereocenters. The lowest BCUT2D eigenvalue weighted by atomic mass is 9.44. The molecule has 3 fully saturated rings. The molecule has 4 aliphatic carbocycles. The van der Waals surface area contributed by atoms with Gasteiger partial charge in [-0.1, -0.05) is 26.3 Å². The minimum atomic E-state index is -0.674. The molecule has 0 heterocycles. The lowest BCUT2D eigenvalue weighted by molar-refractivity contribution is -0.170. The van der Waals surface area contributed by atoms with Crippen LogP contribution in [-0.4, -0.2) is 27.7 Å². The summed E-state index contributed by atoms with van der Waals surface area (Å²) in [6.07, 6.45) is 6.66. The largest absolute Gasteiger partial charge is 0.393 e. The van der Waals surface area contributed by atoms with Gasteiger partial charge in [-0.2, -0.15) is 0 Å². The number of hydrogen-bond donors (Lipinski definition) is 2. The molecular formula is C21H32O3. The fraction of sp³-hybridized carbons (Fsp3) is 0.857.